The summed E-state index contributed by atoms with van der Waals surface area (Å²) in [5.41, 5.74) is 1.52. The second-order valence-electron chi connectivity index (χ2n) is 7.54. The Bertz CT molecular complexity index is 1370. The number of nitrogens with zero attached hydrogens (tertiary/aromatic N) is 4. The Hall–Kier alpha value is -4.20. The normalized spacial score (nSPS) is 11.8. The summed E-state index contributed by atoms with van der Waals surface area (Å²) in [6, 6.07) is 15.6. The van der Waals surface area contributed by atoms with Crippen molar-refractivity contribution >= 4 is 22.5 Å². The van der Waals surface area contributed by atoms with E-state index in [2.05, 4.69) is 16.8 Å². The lowest BCUT2D eigenvalue weighted by Crippen LogP contribution is -2.40. The predicted octanol–water partition coefficient (Wildman–Crippen LogP) is 4.15. The van der Waals surface area contributed by atoms with Gasteiger partial charge in [0.15, 0.2) is 5.52 Å². The van der Waals surface area contributed by atoms with Gasteiger partial charge in [0.2, 0.25) is 0 Å². The molecule has 1 amide bonds. The Labute approximate surface area is 190 Å². The van der Waals surface area contributed by atoms with Gasteiger partial charge in [-0.2, -0.15) is 5.10 Å². The van der Waals surface area contributed by atoms with Gasteiger partial charge in [-0.15, -0.1) is 6.58 Å². The number of hydrogen-bond acceptors (Lipinski definition) is 6. The first kappa shape index (κ1) is 22.0. The number of benzene rings is 2. The number of fused-ring (bicyclic) bond motifs is 1. The molecule has 0 aliphatic carbocycles. The van der Waals surface area contributed by atoms with E-state index >= 15 is 0 Å². The van der Waals surface area contributed by atoms with Crippen LogP contribution in [0.25, 0.3) is 22.2 Å². The van der Waals surface area contributed by atoms with Crippen LogP contribution in [0, 0.1) is 6.92 Å². The maximum Gasteiger partial charge on any atom is 0.297 e. The predicted molar refractivity (Wildman–Crippen MR) is 126 cm³/mol. The van der Waals surface area contributed by atoms with Gasteiger partial charge in [-0.25, -0.2) is 4.68 Å². The molecule has 0 saturated heterocycles. The standard InChI is InChI=1S/C25H24N4O4/c1-5-14-28(19-11-7-6-8-12-19)24(30)16(2)29-25(31)23-21(17(3)33-27-23)22(26-29)18-10-9-13-20(15-18)32-4/h5-13,15-16H,1,14H2,2-4H3/t16-/m0/s1. The molecule has 0 radical (unpaired) electrons. The largest absolute Gasteiger partial charge is 0.497 e. The van der Waals surface area contributed by atoms with Crippen LogP contribution in [0.4, 0.5) is 5.69 Å². The Morgan fingerprint density at radius 3 is 2.70 bits per heavy atom. The zero-order chi connectivity index (χ0) is 23.5. The second kappa shape index (κ2) is 9.12. The number of carbonyl (C=O) groups is 1. The van der Waals surface area contributed by atoms with Crippen molar-refractivity contribution < 1.29 is 14.1 Å². The summed E-state index contributed by atoms with van der Waals surface area (Å²) in [7, 11) is 1.58. The van der Waals surface area contributed by atoms with Gasteiger partial charge in [0.25, 0.3) is 11.5 Å². The first-order valence-electron chi connectivity index (χ1n) is 10.5. The fourth-order valence-electron chi connectivity index (χ4n) is 3.73. The number of ether oxygens (including phenoxy) is 1. The number of hydrogen-bond donors (Lipinski definition) is 0. The number of amides is 1. The number of para-hydroxylation sites is 1. The van der Waals surface area contributed by atoms with Crippen LogP contribution in [-0.2, 0) is 4.79 Å². The Kier molecular flexibility index (Phi) is 6.08. The summed E-state index contributed by atoms with van der Waals surface area (Å²) in [4.78, 5) is 28.3. The third kappa shape index (κ3) is 4.03. The fourth-order valence-corrected chi connectivity index (χ4v) is 3.73. The van der Waals surface area contributed by atoms with Crippen molar-refractivity contribution in [3.63, 3.8) is 0 Å². The summed E-state index contributed by atoms with van der Waals surface area (Å²) in [6.07, 6.45) is 1.64. The molecule has 0 aliphatic rings. The molecule has 2 aromatic heterocycles. The molecule has 4 aromatic rings. The molecule has 0 spiro atoms. The molecule has 33 heavy (non-hydrogen) atoms. The summed E-state index contributed by atoms with van der Waals surface area (Å²) in [5.74, 6) is 0.808. The highest BCUT2D eigenvalue weighted by Crippen LogP contribution is 2.30. The summed E-state index contributed by atoms with van der Waals surface area (Å²) in [5, 5.41) is 9.09. The summed E-state index contributed by atoms with van der Waals surface area (Å²) >= 11 is 0. The van der Waals surface area contributed by atoms with Crippen LogP contribution in [0.2, 0.25) is 0 Å². The molecule has 0 N–H and O–H groups in total. The van der Waals surface area contributed by atoms with Crippen LogP contribution in [0.5, 0.6) is 5.75 Å². The van der Waals surface area contributed by atoms with Gasteiger partial charge < -0.3 is 14.2 Å². The zero-order valence-electron chi connectivity index (χ0n) is 18.7. The molecule has 1 atom stereocenters. The van der Waals surface area contributed by atoms with E-state index < -0.39 is 11.6 Å². The number of methoxy groups -OCH3 is 1. The van der Waals surface area contributed by atoms with E-state index in [0.717, 1.165) is 0 Å². The van der Waals surface area contributed by atoms with Crippen LogP contribution in [-0.4, -0.2) is 34.5 Å². The molecular formula is C25H24N4O4. The maximum absolute atomic E-state index is 13.5. The summed E-state index contributed by atoms with van der Waals surface area (Å²) in [6.45, 7) is 7.41. The second-order valence-corrected chi connectivity index (χ2v) is 7.54. The van der Waals surface area contributed by atoms with Crippen LogP contribution in [0.3, 0.4) is 0 Å². The topological polar surface area (TPSA) is 90.5 Å². The van der Waals surface area contributed by atoms with E-state index in [1.807, 2.05) is 54.6 Å². The Morgan fingerprint density at radius 2 is 2.00 bits per heavy atom. The highest BCUT2D eigenvalue weighted by atomic mass is 16.5. The SMILES string of the molecule is C=CCN(C(=O)[C@H](C)n1nc(-c2cccc(OC)c2)c2c(C)onc2c1=O)c1ccccc1. The minimum Gasteiger partial charge on any atom is -0.497 e. The molecule has 0 bridgehead atoms. The van der Waals surface area contributed by atoms with E-state index in [0.29, 0.717) is 33.8 Å². The number of aryl methyl sites for hydroxylation is 1. The van der Waals surface area contributed by atoms with Gasteiger partial charge in [-0.3, -0.25) is 9.59 Å². The zero-order valence-corrected chi connectivity index (χ0v) is 18.7. The average Bonchev–Trinajstić information content (AvgIpc) is 3.24. The van der Waals surface area contributed by atoms with Gasteiger partial charge in [0.1, 0.15) is 23.2 Å². The van der Waals surface area contributed by atoms with Crippen molar-refractivity contribution in [1.29, 1.82) is 0 Å². The number of anilines is 1. The molecule has 8 heteroatoms. The van der Waals surface area contributed by atoms with E-state index in [1.165, 1.54) is 4.68 Å². The first-order chi connectivity index (χ1) is 16.0. The monoisotopic (exact) mass is 444 g/mol. The molecule has 2 aromatic carbocycles. The molecular weight excluding hydrogens is 420 g/mol. The molecule has 0 fully saturated rings. The van der Waals surface area contributed by atoms with Crippen LogP contribution in [0.15, 0.2) is 76.6 Å². The van der Waals surface area contributed by atoms with Gasteiger partial charge >= 0.3 is 0 Å². The Morgan fingerprint density at radius 1 is 1.24 bits per heavy atom. The van der Waals surface area contributed by atoms with Crippen molar-refractivity contribution in [2.24, 2.45) is 0 Å². The van der Waals surface area contributed by atoms with Crippen molar-refractivity contribution in [2.75, 3.05) is 18.6 Å². The third-order valence-corrected chi connectivity index (χ3v) is 5.43. The fraction of sp³-hybridized carbons (Fsp3) is 0.200. The lowest BCUT2D eigenvalue weighted by molar-refractivity contribution is -0.121. The average molecular weight is 444 g/mol. The lowest BCUT2D eigenvalue weighted by atomic mass is 10.1. The Balaban J connectivity index is 1.87. The van der Waals surface area contributed by atoms with Gasteiger partial charge in [-0.05, 0) is 38.1 Å². The van der Waals surface area contributed by atoms with Crippen molar-refractivity contribution in [3.8, 4) is 17.0 Å². The molecule has 8 nitrogen and oxygen atoms in total. The van der Waals surface area contributed by atoms with Gasteiger partial charge in [-0.1, -0.05) is 41.6 Å². The van der Waals surface area contributed by atoms with Crippen molar-refractivity contribution in [2.45, 2.75) is 19.9 Å². The van der Waals surface area contributed by atoms with E-state index in [1.54, 1.807) is 31.9 Å². The highest BCUT2D eigenvalue weighted by molar-refractivity contribution is 5.97. The van der Waals surface area contributed by atoms with Crippen LogP contribution >= 0.6 is 0 Å². The molecule has 168 valence electrons. The first-order valence-corrected chi connectivity index (χ1v) is 10.5. The smallest absolute Gasteiger partial charge is 0.297 e. The maximum atomic E-state index is 13.5. The molecule has 0 aliphatic heterocycles. The molecule has 0 unspecified atom stereocenters. The van der Waals surface area contributed by atoms with E-state index in [9.17, 15) is 9.59 Å². The molecule has 4 rings (SSSR count). The quantitative estimate of drug-likeness (QED) is 0.398. The number of aromatic nitrogens is 3. The minimum absolute atomic E-state index is 0.120. The van der Waals surface area contributed by atoms with Gasteiger partial charge in [0.05, 0.1) is 12.5 Å². The summed E-state index contributed by atoms with van der Waals surface area (Å²) < 4.78 is 11.8. The van der Waals surface area contributed by atoms with Crippen molar-refractivity contribution in [3.05, 3.63) is 83.4 Å². The van der Waals surface area contributed by atoms with Crippen LogP contribution in [0.1, 0.15) is 18.7 Å². The molecule has 0 saturated carbocycles. The number of rotatable bonds is 7. The highest BCUT2D eigenvalue weighted by Gasteiger charge is 2.27. The lowest BCUT2D eigenvalue weighted by Gasteiger charge is -2.25. The molecule has 2 heterocycles. The number of carbonyl (C=O) groups excluding carboxylic acids is 1. The van der Waals surface area contributed by atoms with Crippen molar-refractivity contribution in [1.82, 2.24) is 14.9 Å². The van der Waals surface area contributed by atoms with Gasteiger partial charge in [0, 0.05) is 17.8 Å². The van der Waals surface area contributed by atoms with Crippen LogP contribution < -0.4 is 15.2 Å². The third-order valence-electron chi connectivity index (χ3n) is 5.43. The van der Waals surface area contributed by atoms with E-state index in [4.69, 9.17) is 9.26 Å². The van der Waals surface area contributed by atoms with E-state index in [-0.39, 0.29) is 18.0 Å². The minimum atomic E-state index is -0.900.